The highest BCUT2D eigenvalue weighted by Crippen LogP contribution is 2.30. The van der Waals surface area contributed by atoms with Crippen LogP contribution in [0.2, 0.25) is 5.02 Å². The summed E-state index contributed by atoms with van der Waals surface area (Å²) >= 11 is 5.73. The summed E-state index contributed by atoms with van der Waals surface area (Å²) in [6.07, 6.45) is 0. The van der Waals surface area contributed by atoms with Crippen LogP contribution in [-0.2, 0) is 0 Å². The van der Waals surface area contributed by atoms with Crippen molar-refractivity contribution >= 4 is 28.7 Å². The Hall–Kier alpha value is -2.47. The molecule has 0 fully saturated rings. The van der Waals surface area contributed by atoms with Gasteiger partial charge >= 0.3 is 5.69 Å². The van der Waals surface area contributed by atoms with Crippen molar-refractivity contribution in [3.05, 3.63) is 57.6 Å². The topological polar surface area (TPSA) is 88.1 Å². The number of azo groups is 1. The summed E-state index contributed by atoms with van der Waals surface area (Å²) in [7, 11) is 0. The zero-order valence-corrected chi connectivity index (χ0v) is 10.3. The summed E-state index contributed by atoms with van der Waals surface area (Å²) in [5, 5.41) is 28.3. The average molecular weight is 278 g/mol. The lowest BCUT2D eigenvalue weighted by Crippen LogP contribution is -1.87. The fourth-order valence-corrected chi connectivity index (χ4v) is 1.47. The van der Waals surface area contributed by atoms with Crippen molar-refractivity contribution in [2.24, 2.45) is 10.2 Å². The molecule has 0 aliphatic carbocycles. The van der Waals surface area contributed by atoms with Crippen LogP contribution < -0.4 is 0 Å². The maximum absolute atomic E-state index is 10.6. The van der Waals surface area contributed by atoms with Gasteiger partial charge in [-0.2, -0.15) is 10.2 Å². The van der Waals surface area contributed by atoms with Crippen LogP contribution in [-0.4, -0.2) is 10.0 Å². The molecule has 0 heterocycles. The van der Waals surface area contributed by atoms with E-state index in [0.717, 1.165) is 6.07 Å². The Bertz CT molecular complexity index is 641. The first-order valence-corrected chi connectivity index (χ1v) is 5.59. The highest BCUT2D eigenvalue weighted by molar-refractivity contribution is 6.30. The Balaban J connectivity index is 2.26. The number of hydrogen-bond donors (Lipinski definition) is 1. The number of nitrogens with zero attached hydrogens (tertiary/aromatic N) is 3. The van der Waals surface area contributed by atoms with Crippen LogP contribution in [0.1, 0.15) is 0 Å². The van der Waals surface area contributed by atoms with E-state index >= 15 is 0 Å². The molecule has 0 saturated carbocycles. The first-order chi connectivity index (χ1) is 9.06. The van der Waals surface area contributed by atoms with Crippen LogP contribution in [0.3, 0.4) is 0 Å². The van der Waals surface area contributed by atoms with Gasteiger partial charge in [0.25, 0.3) is 0 Å². The van der Waals surface area contributed by atoms with Gasteiger partial charge < -0.3 is 5.11 Å². The van der Waals surface area contributed by atoms with Crippen molar-refractivity contribution in [2.75, 3.05) is 0 Å². The molecule has 0 amide bonds. The lowest BCUT2D eigenvalue weighted by Gasteiger charge is -1.97. The van der Waals surface area contributed by atoms with E-state index in [0.29, 0.717) is 10.7 Å². The second kappa shape index (κ2) is 5.45. The molecule has 6 nitrogen and oxygen atoms in total. The quantitative estimate of drug-likeness (QED) is 0.513. The molecule has 96 valence electrons. The van der Waals surface area contributed by atoms with E-state index < -0.39 is 16.4 Å². The molecule has 0 radical (unpaired) electrons. The minimum Gasteiger partial charge on any atom is -0.502 e. The van der Waals surface area contributed by atoms with Gasteiger partial charge in [-0.15, -0.1) is 0 Å². The van der Waals surface area contributed by atoms with Gasteiger partial charge in [-0.25, -0.2) is 0 Å². The Kier molecular flexibility index (Phi) is 3.72. The van der Waals surface area contributed by atoms with E-state index in [-0.39, 0.29) is 5.69 Å². The maximum Gasteiger partial charge on any atom is 0.312 e. The van der Waals surface area contributed by atoms with Crippen LogP contribution in [0.25, 0.3) is 0 Å². The minimum absolute atomic E-state index is 0.277. The summed E-state index contributed by atoms with van der Waals surface area (Å²) < 4.78 is 0. The molecule has 0 bridgehead atoms. The normalized spacial score (nSPS) is 10.8. The molecule has 0 aromatic heterocycles. The van der Waals surface area contributed by atoms with E-state index in [1.54, 1.807) is 24.3 Å². The molecule has 0 unspecified atom stereocenters. The number of phenolic OH excluding ortho intramolecular Hbond substituents is 1. The predicted molar refractivity (Wildman–Crippen MR) is 70.4 cm³/mol. The van der Waals surface area contributed by atoms with Gasteiger partial charge in [-0.1, -0.05) is 11.6 Å². The Morgan fingerprint density at radius 3 is 2.26 bits per heavy atom. The minimum atomic E-state index is -0.684. The second-order valence-corrected chi connectivity index (χ2v) is 4.04. The zero-order chi connectivity index (χ0) is 13.8. The van der Waals surface area contributed by atoms with Crippen molar-refractivity contribution in [3.8, 4) is 5.75 Å². The highest BCUT2D eigenvalue weighted by atomic mass is 35.5. The van der Waals surface area contributed by atoms with Crippen LogP contribution >= 0.6 is 11.6 Å². The van der Waals surface area contributed by atoms with E-state index in [1.165, 1.54) is 12.1 Å². The SMILES string of the molecule is O=[N+]([O-])c1cc(N=Nc2ccc(Cl)cc2)ccc1O. The van der Waals surface area contributed by atoms with Crippen molar-refractivity contribution in [1.29, 1.82) is 0 Å². The van der Waals surface area contributed by atoms with Gasteiger partial charge in [0.2, 0.25) is 0 Å². The number of aromatic hydroxyl groups is 1. The molecule has 0 spiro atoms. The molecule has 19 heavy (non-hydrogen) atoms. The molecular formula is C12H8ClN3O3. The number of nitro groups is 1. The van der Waals surface area contributed by atoms with Gasteiger partial charge in [-0.3, -0.25) is 10.1 Å². The van der Waals surface area contributed by atoms with Gasteiger partial charge in [0, 0.05) is 11.1 Å². The van der Waals surface area contributed by atoms with E-state index in [9.17, 15) is 15.2 Å². The lowest BCUT2D eigenvalue weighted by molar-refractivity contribution is -0.385. The fourth-order valence-electron chi connectivity index (χ4n) is 1.34. The number of rotatable bonds is 3. The lowest BCUT2D eigenvalue weighted by atomic mass is 10.2. The third kappa shape index (κ3) is 3.26. The third-order valence-corrected chi connectivity index (χ3v) is 2.52. The Morgan fingerprint density at radius 1 is 1.05 bits per heavy atom. The Morgan fingerprint density at radius 2 is 1.63 bits per heavy atom. The molecule has 0 saturated heterocycles. The maximum atomic E-state index is 10.6. The standard InChI is InChI=1S/C12H8ClN3O3/c13-8-1-3-9(4-2-8)14-15-10-5-6-12(17)11(7-10)16(18)19/h1-7,17H. The molecule has 2 rings (SSSR count). The summed E-state index contributed by atoms with van der Waals surface area (Å²) in [4.78, 5) is 9.96. The van der Waals surface area contributed by atoms with Crippen molar-refractivity contribution < 1.29 is 10.0 Å². The first-order valence-electron chi connectivity index (χ1n) is 5.21. The molecule has 2 aromatic carbocycles. The van der Waals surface area contributed by atoms with Crippen molar-refractivity contribution in [3.63, 3.8) is 0 Å². The number of hydrogen-bond acceptors (Lipinski definition) is 5. The number of nitro benzene ring substituents is 1. The van der Waals surface area contributed by atoms with Crippen LogP contribution in [0.15, 0.2) is 52.7 Å². The first kappa shape index (κ1) is 13.0. The van der Waals surface area contributed by atoms with Crippen molar-refractivity contribution in [1.82, 2.24) is 0 Å². The van der Waals surface area contributed by atoms with E-state index in [2.05, 4.69) is 10.2 Å². The number of phenols is 1. The van der Waals surface area contributed by atoms with Crippen molar-refractivity contribution in [2.45, 2.75) is 0 Å². The third-order valence-electron chi connectivity index (χ3n) is 2.26. The number of halogens is 1. The van der Waals surface area contributed by atoms with Crippen LogP contribution in [0.5, 0.6) is 5.75 Å². The highest BCUT2D eigenvalue weighted by Gasteiger charge is 2.13. The monoisotopic (exact) mass is 277 g/mol. The zero-order valence-electron chi connectivity index (χ0n) is 9.52. The molecule has 0 aliphatic rings. The van der Waals surface area contributed by atoms with Gasteiger partial charge in [0.15, 0.2) is 5.75 Å². The molecule has 0 atom stereocenters. The second-order valence-electron chi connectivity index (χ2n) is 3.61. The van der Waals surface area contributed by atoms with E-state index in [4.69, 9.17) is 11.6 Å². The molecule has 0 aliphatic heterocycles. The summed E-state index contributed by atoms with van der Waals surface area (Å²) in [6.45, 7) is 0. The molecule has 7 heteroatoms. The summed E-state index contributed by atoms with van der Waals surface area (Å²) in [6, 6.07) is 10.4. The predicted octanol–water partition coefficient (Wildman–Crippen LogP) is 4.37. The molecule has 1 N–H and O–H groups in total. The van der Waals surface area contributed by atoms with Crippen LogP contribution in [0, 0.1) is 10.1 Å². The summed E-state index contributed by atoms with van der Waals surface area (Å²) in [5.41, 5.74) is 0.437. The van der Waals surface area contributed by atoms with Gasteiger partial charge in [-0.05, 0) is 36.4 Å². The average Bonchev–Trinajstić information content (AvgIpc) is 2.39. The fraction of sp³-hybridized carbons (Fsp3) is 0. The largest absolute Gasteiger partial charge is 0.502 e. The van der Waals surface area contributed by atoms with E-state index in [1.807, 2.05) is 0 Å². The smallest absolute Gasteiger partial charge is 0.312 e. The van der Waals surface area contributed by atoms with Crippen LogP contribution in [0.4, 0.5) is 17.1 Å². The van der Waals surface area contributed by atoms with Gasteiger partial charge in [0.05, 0.1) is 16.3 Å². The number of benzene rings is 2. The molecular weight excluding hydrogens is 270 g/mol. The molecule has 2 aromatic rings. The van der Waals surface area contributed by atoms with Gasteiger partial charge in [0.1, 0.15) is 0 Å². The summed E-state index contributed by atoms with van der Waals surface area (Å²) in [5.74, 6) is -0.407. The Labute approximate surface area is 113 Å².